The number of carbonyl (C=O) groups is 2. The Labute approximate surface area is 119 Å². The maximum Gasteiger partial charge on any atom is 0.310 e. The number of carboxylic acid groups (broad SMARTS) is 1. The molecule has 0 aliphatic carbocycles. The van der Waals surface area contributed by atoms with Crippen molar-refractivity contribution in [2.24, 2.45) is 5.41 Å². The minimum Gasteiger partial charge on any atom is -0.481 e. The second-order valence-corrected chi connectivity index (χ2v) is 5.92. The molecule has 2 fully saturated rings. The highest BCUT2D eigenvalue weighted by Crippen LogP contribution is 2.34. The third-order valence-corrected chi connectivity index (χ3v) is 4.52. The second kappa shape index (κ2) is 6.10. The van der Waals surface area contributed by atoms with Gasteiger partial charge < -0.3 is 14.7 Å². The van der Waals surface area contributed by atoms with Crippen molar-refractivity contribution in [2.45, 2.75) is 32.8 Å². The van der Waals surface area contributed by atoms with Crippen LogP contribution in [-0.2, 0) is 14.3 Å². The van der Waals surface area contributed by atoms with E-state index in [0.29, 0.717) is 52.2 Å². The molecule has 2 unspecified atom stereocenters. The molecule has 2 atom stereocenters. The van der Waals surface area contributed by atoms with Gasteiger partial charge >= 0.3 is 5.97 Å². The number of ether oxygens (including phenoxy) is 1. The van der Waals surface area contributed by atoms with E-state index in [2.05, 4.69) is 0 Å². The molecule has 20 heavy (non-hydrogen) atoms. The van der Waals surface area contributed by atoms with Crippen molar-refractivity contribution in [3.05, 3.63) is 0 Å². The number of hydrogen-bond acceptors (Lipinski definition) is 4. The van der Waals surface area contributed by atoms with E-state index in [1.54, 1.807) is 0 Å². The van der Waals surface area contributed by atoms with E-state index in [1.165, 1.54) is 0 Å². The smallest absolute Gasteiger partial charge is 0.310 e. The van der Waals surface area contributed by atoms with Gasteiger partial charge in [-0.3, -0.25) is 14.5 Å². The van der Waals surface area contributed by atoms with Crippen molar-refractivity contribution in [1.29, 1.82) is 0 Å². The molecule has 0 saturated carbocycles. The van der Waals surface area contributed by atoms with Gasteiger partial charge in [0.1, 0.15) is 0 Å². The molecule has 6 nitrogen and oxygen atoms in total. The van der Waals surface area contributed by atoms with Crippen LogP contribution in [-0.4, -0.2) is 72.2 Å². The van der Waals surface area contributed by atoms with Crippen molar-refractivity contribution in [3.63, 3.8) is 0 Å². The normalized spacial score (nSPS) is 31.5. The van der Waals surface area contributed by atoms with Gasteiger partial charge in [0.15, 0.2) is 0 Å². The minimum atomic E-state index is -0.741. The van der Waals surface area contributed by atoms with Crippen LogP contribution in [0.1, 0.15) is 26.7 Å². The van der Waals surface area contributed by atoms with Crippen LogP contribution in [0.15, 0.2) is 0 Å². The molecule has 2 aliphatic heterocycles. The highest BCUT2D eigenvalue weighted by Gasteiger charge is 2.43. The fourth-order valence-corrected chi connectivity index (χ4v) is 3.04. The number of aliphatic carboxylic acids is 1. The summed E-state index contributed by atoms with van der Waals surface area (Å²) in [5, 5.41) is 9.36. The zero-order valence-corrected chi connectivity index (χ0v) is 12.3. The maximum atomic E-state index is 12.3. The fourth-order valence-electron chi connectivity index (χ4n) is 3.04. The van der Waals surface area contributed by atoms with Gasteiger partial charge in [-0.05, 0) is 26.3 Å². The van der Waals surface area contributed by atoms with Crippen LogP contribution in [0.5, 0.6) is 0 Å². The van der Waals surface area contributed by atoms with Crippen LogP contribution < -0.4 is 0 Å². The largest absolute Gasteiger partial charge is 0.481 e. The van der Waals surface area contributed by atoms with Crippen LogP contribution in [0.25, 0.3) is 0 Å². The summed E-state index contributed by atoms with van der Waals surface area (Å²) in [6.45, 7) is 7.20. The quantitative estimate of drug-likeness (QED) is 0.810. The zero-order chi connectivity index (χ0) is 14.8. The van der Waals surface area contributed by atoms with Crippen molar-refractivity contribution in [1.82, 2.24) is 9.80 Å². The summed E-state index contributed by atoms with van der Waals surface area (Å²) in [5.74, 6) is -0.660. The molecule has 1 amide bonds. The van der Waals surface area contributed by atoms with Gasteiger partial charge in [-0.25, -0.2) is 0 Å². The number of rotatable bonds is 4. The summed E-state index contributed by atoms with van der Waals surface area (Å²) in [6, 6.07) is 0. The lowest BCUT2D eigenvalue weighted by Gasteiger charge is -2.32. The zero-order valence-electron chi connectivity index (χ0n) is 12.3. The SMILES string of the molecule is CCC1(C(=O)O)CCN(CC(=O)N2CCOC(C)C2)C1. The summed E-state index contributed by atoms with van der Waals surface area (Å²) in [4.78, 5) is 27.4. The van der Waals surface area contributed by atoms with E-state index < -0.39 is 11.4 Å². The Morgan fingerprint density at radius 2 is 2.15 bits per heavy atom. The van der Waals surface area contributed by atoms with Crippen LogP contribution >= 0.6 is 0 Å². The van der Waals surface area contributed by atoms with Crippen molar-refractivity contribution < 1.29 is 19.4 Å². The van der Waals surface area contributed by atoms with Crippen LogP contribution in [0.3, 0.4) is 0 Å². The molecule has 0 radical (unpaired) electrons. The number of likely N-dealkylation sites (tertiary alicyclic amines) is 1. The Balaban J connectivity index is 1.88. The Hall–Kier alpha value is -1.14. The summed E-state index contributed by atoms with van der Waals surface area (Å²) in [7, 11) is 0. The molecule has 0 aromatic carbocycles. The third-order valence-electron chi connectivity index (χ3n) is 4.52. The molecule has 0 aromatic rings. The number of amides is 1. The Kier molecular flexibility index (Phi) is 4.65. The molecule has 1 N–H and O–H groups in total. The van der Waals surface area contributed by atoms with Crippen LogP contribution in [0.4, 0.5) is 0 Å². The molecule has 6 heteroatoms. The first-order valence-electron chi connectivity index (χ1n) is 7.32. The number of nitrogens with zero attached hydrogens (tertiary/aromatic N) is 2. The Bertz CT molecular complexity index is 387. The van der Waals surface area contributed by atoms with Gasteiger partial charge in [0.25, 0.3) is 0 Å². The molecule has 2 saturated heterocycles. The maximum absolute atomic E-state index is 12.3. The summed E-state index contributed by atoms with van der Waals surface area (Å²) >= 11 is 0. The average molecular weight is 284 g/mol. The Morgan fingerprint density at radius 3 is 2.70 bits per heavy atom. The Morgan fingerprint density at radius 1 is 1.40 bits per heavy atom. The first-order chi connectivity index (χ1) is 9.47. The molecule has 0 bridgehead atoms. The van der Waals surface area contributed by atoms with Gasteiger partial charge in [-0.2, -0.15) is 0 Å². The predicted octanol–water partition coefficient (Wildman–Crippen LogP) is 0.420. The van der Waals surface area contributed by atoms with Crippen molar-refractivity contribution >= 4 is 11.9 Å². The lowest BCUT2D eigenvalue weighted by atomic mass is 9.84. The monoisotopic (exact) mass is 284 g/mol. The second-order valence-electron chi connectivity index (χ2n) is 5.92. The van der Waals surface area contributed by atoms with E-state index in [-0.39, 0.29) is 12.0 Å². The molecule has 0 aromatic heterocycles. The lowest BCUT2D eigenvalue weighted by Crippen LogP contribution is -2.48. The lowest BCUT2D eigenvalue weighted by molar-refractivity contribution is -0.149. The topological polar surface area (TPSA) is 70.1 Å². The van der Waals surface area contributed by atoms with E-state index >= 15 is 0 Å². The summed E-state index contributed by atoms with van der Waals surface area (Å²) in [6.07, 6.45) is 1.33. The van der Waals surface area contributed by atoms with Gasteiger partial charge in [0.05, 0.1) is 24.7 Å². The van der Waals surface area contributed by atoms with Crippen molar-refractivity contribution in [3.8, 4) is 0 Å². The predicted molar refractivity (Wildman–Crippen MR) is 73.4 cm³/mol. The first-order valence-corrected chi connectivity index (χ1v) is 7.32. The van der Waals surface area contributed by atoms with E-state index in [0.717, 1.165) is 0 Å². The summed E-state index contributed by atoms with van der Waals surface area (Å²) in [5.41, 5.74) is -0.668. The molecular weight excluding hydrogens is 260 g/mol. The van der Waals surface area contributed by atoms with E-state index in [1.807, 2.05) is 23.6 Å². The number of carboxylic acids is 1. The first kappa shape index (κ1) is 15.3. The summed E-state index contributed by atoms with van der Waals surface area (Å²) < 4.78 is 5.42. The molecule has 2 aliphatic rings. The molecule has 2 rings (SSSR count). The average Bonchev–Trinajstić information content (AvgIpc) is 2.83. The van der Waals surface area contributed by atoms with Crippen molar-refractivity contribution in [2.75, 3.05) is 39.3 Å². The molecule has 114 valence electrons. The standard InChI is InChI=1S/C14H24N2O4/c1-3-14(13(18)19)4-5-15(10-14)9-12(17)16-6-7-20-11(2)8-16/h11H,3-10H2,1-2H3,(H,18,19). The number of hydrogen-bond donors (Lipinski definition) is 1. The fraction of sp³-hybridized carbons (Fsp3) is 0.857. The van der Waals surface area contributed by atoms with Gasteiger partial charge in [0, 0.05) is 19.6 Å². The van der Waals surface area contributed by atoms with E-state index in [4.69, 9.17) is 4.74 Å². The molecule has 0 spiro atoms. The van der Waals surface area contributed by atoms with Crippen LogP contribution in [0, 0.1) is 5.41 Å². The minimum absolute atomic E-state index is 0.0810. The molecular formula is C14H24N2O4. The van der Waals surface area contributed by atoms with Gasteiger partial charge in [0.2, 0.25) is 5.91 Å². The van der Waals surface area contributed by atoms with E-state index in [9.17, 15) is 14.7 Å². The van der Waals surface area contributed by atoms with Gasteiger partial charge in [-0.15, -0.1) is 0 Å². The third kappa shape index (κ3) is 3.12. The number of carbonyl (C=O) groups excluding carboxylic acids is 1. The highest BCUT2D eigenvalue weighted by molar-refractivity contribution is 5.79. The number of morpholine rings is 1. The van der Waals surface area contributed by atoms with Gasteiger partial charge in [-0.1, -0.05) is 6.92 Å². The van der Waals surface area contributed by atoms with Crippen LogP contribution in [0.2, 0.25) is 0 Å². The highest BCUT2D eigenvalue weighted by atomic mass is 16.5. The molecule has 2 heterocycles.